The molecule has 0 aliphatic carbocycles. The minimum Gasteiger partial charge on any atom is -0.380 e. The van der Waals surface area contributed by atoms with Crippen LogP contribution in [0.3, 0.4) is 0 Å². The summed E-state index contributed by atoms with van der Waals surface area (Å²) in [5.41, 5.74) is 0.389. The van der Waals surface area contributed by atoms with E-state index in [0.717, 1.165) is 57.7 Å². The number of carbonyl (C=O) groups excluding carboxylic acids is 1. The fourth-order valence-electron chi connectivity index (χ4n) is 5.17. The summed E-state index contributed by atoms with van der Waals surface area (Å²) in [6, 6.07) is 11.3. The molecular formula is C27H34F3N5O3. The van der Waals surface area contributed by atoms with E-state index in [2.05, 4.69) is 46.3 Å². The van der Waals surface area contributed by atoms with Crippen molar-refractivity contribution in [2.75, 3.05) is 56.0 Å². The lowest BCUT2D eigenvalue weighted by Gasteiger charge is -2.24. The van der Waals surface area contributed by atoms with Crippen LogP contribution in [-0.2, 0) is 11.0 Å². The van der Waals surface area contributed by atoms with Gasteiger partial charge in [-0.3, -0.25) is 14.9 Å². The molecule has 0 saturated carbocycles. The molecule has 0 spiro atoms. The van der Waals surface area contributed by atoms with E-state index in [9.17, 15) is 28.1 Å². The van der Waals surface area contributed by atoms with Gasteiger partial charge in [-0.15, -0.1) is 0 Å². The Labute approximate surface area is 220 Å². The van der Waals surface area contributed by atoms with Gasteiger partial charge in [0.15, 0.2) is 0 Å². The molecule has 2 saturated heterocycles. The second kappa shape index (κ2) is 12.0. The number of nitro benzene ring substituents is 1. The molecule has 2 heterocycles. The van der Waals surface area contributed by atoms with Gasteiger partial charge in [-0.25, -0.2) is 0 Å². The van der Waals surface area contributed by atoms with Crippen LogP contribution in [0.5, 0.6) is 0 Å². The second-order valence-corrected chi connectivity index (χ2v) is 10.1. The van der Waals surface area contributed by atoms with Crippen molar-refractivity contribution in [1.29, 1.82) is 0 Å². The minimum atomic E-state index is -4.83. The number of hydrogen-bond acceptors (Lipinski definition) is 6. The van der Waals surface area contributed by atoms with Gasteiger partial charge in [0.25, 0.3) is 5.69 Å². The highest BCUT2D eigenvalue weighted by Crippen LogP contribution is 2.37. The number of hydrogen-bond donors (Lipinski definition) is 1. The summed E-state index contributed by atoms with van der Waals surface area (Å²) >= 11 is 0. The van der Waals surface area contributed by atoms with Crippen LogP contribution in [0, 0.1) is 17.0 Å². The van der Waals surface area contributed by atoms with Crippen LogP contribution in [0.15, 0.2) is 42.5 Å². The van der Waals surface area contributed by atoms with Gasteiger partial charge in [-0.1, -0.05) is 17.7 Å². The molecule has 0 unspecified atom stereocenters. The quantitative estimate of drug-likeness (QED) is 0.383. The number of nitrogens with zero attached hydrogens (tertiary/aromatic N) is 4. The summed E-state index contributed by atoms with van der Waals surface area (Å²) in [5, 5.41) is 14.0. The van der Waals surface area contributed by atoms with Crippen molar-refractivity contribution in [2.24, 2.45) is 0 Å². The maximum Gasteiger partial charge on any atom is 0.423 e. The summed E-state index contributed by atoms with van der Waals surface area (Å²) in [7, 11) is 0. The standard InChI is InChI=1S/C27H34F3N5O3/c1-20-5-8-23(9-6-20)33-14-3-13-32(16-17-33)12-2-4-26(36)34-15-11-22(19-34)31-21-7-10-25(35(37)38)24(18-21)27(28,29)30/h5-10,18,22,31H,2-4,11-17,19H2,1H3/t22-/m1/s1. The van der Waals surface area contributed by atoms with Gasteiger partial charge >= 0.3 is 6.18 Å². The number of aryl methyl sites for hydroxylation is 1. The van der Waals surface area contributed by atoms with Crippen LogP contribution in [0.4, 0.5) is 30.2 Å². The minimum absolute atomic E-state index is 0.0464. The molecule has 8 nitrogen and oxygen atoms in total. The first-order valence-corrected chi connectivity index (χ1v) is 13.0. The van der Waals surface area contributed by atoms with Crippen LogP contribution in [0.1, 0.15) is 36.8 Å². The number of amides is 1. The van der Waals surface area contributed by atoms with Crippen molar-refractivity contribution in [3.05, 3.63) is 63.7 Å². The van der Waals surface area contributed by atoms with E-state index < -0.39 is 22.4 Å². The van der Waals surface area contributed by atoms with Gasteiger partial charge in [-0.2, -0.15) is 13.2 Å². The average Bonchev–Trinajstić information content (AvgIpc) is 3.21. The van der Waals surface area contributed by atoms with Crippen molar-refractivity contribution >= 4 is 23.0 Å². The average molecular weight is 534 g/mol. The molecule has 0 bridgehead atoms. The lowest BCUT2D eigenvalue weighted by Crippen LogP contribution is -2.33. The molecule has 1 N–H and O–H groups in total. The van der Waals surface area contributed by atoms with E-state index in [1.165, 1.54) is 17.3 Å². The zero-order valence-corrected chi connectivity index (χ0v) is 21.5. The third-order valence-electron chi connectivity index (χ3n) is 7.26. The predicted octanol–water partition coefficient (Wildman–Crippen LogP) is 4.93. The Hall–Kier alpha value is -3.34. The fraction of sp³-hybridized carbons (Fsp3) is 0.519. The highest BCUT2D eigenvalue weighted by atomic mass is 19.4. The number of nitro groups is 1. The van der Waals surface area contributed by atoms with E-state index >= 15 is 0 Å². The van der Waals surface area contributed by atoms with Crippen LogP contribution < -0.4 is 10.2 Å². The van der Waals surface area contributed by atoms with E-state index in [1.54, 1.807) is 4.90 Å². The summed E-state index contributed by atoms with van der Waals surface area (Å²) in [5.74, 6) is 0.0464. The first-order valence-electron chi connectivity index (χ1n) is 13.0. The van der Waals surface area contributed by atoms with Crippen molar-refractivity contribution in [1.82, 2.24) is 9.80 Å². The van der Waals surface area contributed by atoms with Crippen LogP contribution in [0.25, 0.3) is 0 Å². The Kier molecular flexibility index (Phi) is 8.76. The normalized spacial score (nSPS) is 18.9. The first-order chi connectivity index (χ1) is 18.1. The number of carbonyl (C=O) groups is 1. The second-order valence-electron chi connectivity index (χ2n) is 10.1. The highest BCUT2D eigenvalue weighted by Gasteiger charge is 2.38. The first kappa shape index (κ1) is 27.7. The number of rotatable bonds is 8. The molecule has 206 valence electrons. The van der Waals surface area contributed by atoms with E-state index in [-0.39, 0.29) is 17.6 Å². The summed E-state index contributed by atoms with van der Waals surface area (Å²) in [4.78, 5) is 29.3. The number of likely N-dealkylation sites (tertiary alicyclic amines) is 1. The number of nitrogens with one attached hydrogen (secondary N) is 1. The molecule has 1 amide bonds. The Balaban J connectivity index is 1.21. The zero-order valence-electron chi connectivity index (χ0n) is 21.5. The molecule has 1 atom stereocenters. The molecule has 2 aliphatic rings. The fourth-order valence-corrected chi connectivity index (χ4v) is 5.17. The molecule has 2 aromatic rings. The topological polar surface area (TPSA) is 82.0 Å². The Bertz CT molecular complexity index is 1130. The van der Waals surface area contributed by atoms with Crippen molar-refractivity contribution in [3.8, 4) is 0 Å². The molecule has 2 fully saturated rings. The Morgan fingerprint density at radius 1 is 1.08 bits per heavy atom. The number of halogens is 3. The molecule has 11 heteroatoms. The number of alkyl halides is 3. The van der Waals surface area contributed by atoms with Gasteiger partial charge in [0, 0.05) is 62.6 Å². The summed E-state index contributed by atoms with van der Waals surface area (Å²) in [6.45, 7) is 7.78. The molecule has 4 rings (SSSR count). The monoisotopic (exact) mass is 533 g/mol. The maximum absolute atomic E-state index is 13.3. The highest BCUT2D eigenvalue weighted by molar-refractivity contribution is 5.76. The predicted molar refractivity (Wildman–Crippen MR) is 140 cm³/mol. The van der Waals surface area contributed by atoms with Gasteiger partial charge in [0.1, 0.15) is 5.56 Å². The van der Waals surface area contributed by atoms with E-state index in [1.807, 2.05) is 0 Å². The van der Waals surface area contributed by atoms with Crippen LogP contribution in [0.2, 0.25) is 0 Å². The molecular weight excluding hydrogens is 499 g/mol. The molecule has 2 aliphatic heterocycles. The lowest BCUT2D eigenvalue weighted by molar-refractivity contribution is -0.388. The van der Waals surface area contributed by atoms with E-state index in [0.29, 0.717) is 25.9 Å². The van der Waals surface area contributed by atoms with Gasteiger partial charge < -0.3 is 20.0 Å². The van der Waals surface area contributed by atoms with Gasteiger partial charge in [0.05, 0.1) is 4.92 Å². The number of benzene rings is 2. The van der Waals surface area contributed by atoms with Crippen molar-refractivity contribution < 1.29 is 22.9 Å². The van der Waals surface area contributed by atoms with Gasteiger partial charge in [0.2, 0.25) is 5.91 Å². The van der Waals surface area contributed by atoms with Crippen molar-refractivity contribution in [2.45, 2.75) is 44.8 Å². The Morgan fingerprint density at radius 2 is 1.84 bits per heavy atom. The molecule has 0 aromatic heterocycles. The smallest absolute Gasteiger partial charge is 0.380 e. The van der Waals surface area contributed by atoms with Crippen LogP contribution >= 0.6 is 0 Å². The zero-order chi connectivity index (χ0) is 27.3. The van der Waals surface area contributed by atoms with Gasteiger partial charge in [-0.05, 0) is 63.5 Å². The lowest BCUT2D eigenvalue weighted by atomic mass is 10.1. The summed E-state index contributed by atoms with van der Waals surface area (Å²) < 4.78 is 39.8. The third-order valence-corrected chi connectivity index (χ3v) is 7.26. The Morgan fingerprint density at radius 3 is 2.55 bits per heavy atom. The largest absolute Gasteiger partial charge is 0.423 e. The molecule has 2 aromatic carbocycles. The summed E-state index contributed by atoms with van der Waals surface area (Å²) in [6.07, 6.45) is -1.97. The third kappa shape index (κ3) is 7.15. The SMILES string of the molecule is Cc1ccc(N2CCCN(CCCC(=O)N3CC[C@@H](Nc4ccc([N+](=O)[O-])c(C(F)(F)F)c4)C3)CC2)cc1. The van der Waals surface area contributed by atoms with E-state index in [4.69, 9.17) is 0 Å². The molecule has 38 heavy (non-hydrogen) atoms. The van der Waals surface area contributed by atoms with Crippen LogP contribution in [-0.4, -0.2) is 72.5 Å². The van der Waals surface area contributed by atoms with Crippen molar-refractivity contribution in [3.63, 3.8) is 0 Å². The maximum atomic E-state index is 13.3. The molecule has 0 radical (unpaired) electrons. The number of anilines is 2.